The number of carbonyl (C=O) groups excluding carboxylic acids is 2. The fraction of sp³-hybridized carbons (Fsp3) is 0.500. The van der Waals surface area contributed by atoms with Crippen LogP contribution in [0, 0.1) is 23.0 Å². The highest BCUT2D eigenvalue weighted by molar-refractivity contribution is 5.93. The molecule has 1 saturated heterocycles. The van der Waals surface area contributed by atoms with E-state index in [9.17, 15) is 19.7 Å². The summed E-state index contributed by atoms with van der Waals surface area (Å²) in [5.74, 6) is -0.406. The van der Waals surface area contributed by atoms with E-state index in [1.807, 2.05) is 0 Å². The van der Waals surface area contributed by atoms with E-state index < -0.39 is 4.92 Å². The van der Waals surface area contributed by atoms with E-state index in [1.54, 1.807) is 24.8 Å². The third-order valence-electron chi connectivity index (χ3n) is 4.08. The molecule has 24 heavy (non-hydrogen) atoms. The lowest BCUT2D eigenvalue weighted by Gasteiger charge is -2.30. The fourth-order valence-corrected chi connectivity index (χ4v) is 2.63. The van der Waals surface area contributed by atoms with E-state index in [0.29, 0.717) is 38.2 Å². The van der Waals surface area contributed by atoms with Crippen molar-refractivity contribution in [2.45, 2.75) is 26.7 Å². The van der Waals surface area contributed by atoms with Crippen molar-refractivity contribution in [3.8, 4) is 0 Å². The predicted molar refractivity (Wildman–Crippen MR) is 87.8 cm³/mol. The molecule has 1 aliphatic rings. The van der Waals surface area contributed by atoms with Crippen molar-refractivity contribution in [3.63, 3.8) is 0 Å². The van der Waals surface area contributed by atoms with E-state index in [4.69, 9.17) is 4.74 Å². The van der Waals surface area contributed by atoms with Crippen molar-refractivity contribution in [1.29, 1.82) is 0 Å². The first kappa shape index (κ1) is 17.7. The molecule has 0 spiro atoms. The Bertz CT molecular complexity index is 639. The van der Waals surface area contributed by atoms with Crippen molar-refractivity contribution >= 4 is 23.4 Å². The van der Waals surface area contributed by atoms with Gasteiger partial charge in [-0.05, 0) is 32.3 Å². The number of rotatable bonds is 4. The van der Waals surface area contributed by atoms with E-state index in [0.717, 1.165) is 5.56 Å². The Hall–Kier alpha value is -2.64. The Kier molecular flexibility index (Phi) is 5.73. The van der Waals surface area contributed by atoms with Crippen LogP contribution in [0.5, 0.6) is 0 Å². The monoisotopic (exact) mass is 335 g/mol. The van der Waals surface area contributed by atoms with Gasteiger partial charge in [0.25, 0.3) is 5.69 Å². The molecule has 1 aliphatic heterocycles. The van der Waals surface area contributed by atoms with Crippen LogP contribution in [0.4, 0.5) is 16.2 Å². The van der Waals surface area contributed by atoms with Gasteiger partial charge < -0.3 is 15.0 Å². The number of likely N-dealkylation sites (tertiary alicyclic amines) is 1. The topological polar surface area (TPSA) is 102 Å². The van der Waals surface area contributed by atoms with Gasteiger partial charge in [-0.3, -0.25) is 14.9 Å². The number of piperidine rings is 1. The molecule has 1 aromatic carbocycles. The van der Waals surface area contributed by atoms with Crippen molar-refractivity contribution in [2.75, 3.05) is 25.0 Å². The summed E-state index contributed by atoms with van der Waals surface area (Å²) in [4.78, 5) is 36.0. The number of nitro groups is 1. The molecule has 0 bridgehead atoms. The van der Waals surface area contributed by atoms with E-state index in [-0.39, 0.29) is 23.6 Å². The SMILES string of the molecule is CCOC(=O)N1CCC(C(=O)Nc2cc([N+](=O)[O-])ccc2C)CC1. The Labute approximate surface area is 139 Å². The van der Waals surface area contributed by atoms with Gasteiger partial charge in [0.2, 0.25) is 5.91 Å². The summed E-state index contributed by atoms with van der Waals surface area (Å²) in [5.41, 5.74) is 1.15. The minimum atomic E-state index is -0.493. The smallest absolute Gasteiger partial charge is 0.409 e. The number of carbonyl (C=O) groups is 2. The predicted octanol–water partition coefficient (Wildman–Crippen LogP) is 2.71. The highest BCUT2D eigenvalue weighted by Crippen LogP contribution is 2.24. The molecule has 1 heterocycles. The van der Waals surface area contributed by atoms with Crippen molar-refractivity contribution in [2.24, 2.45) is 5.92 Å². The number of hydrogen-bond acceptors (Lipinski definition) is 5. The molecule has 1 aromatic rings. The van der Waals surface area contributed by atoms with Gasteiger partial charge in [0.1, 0.15) is 0 Å². The summed E-state index contributed by atoms with van der Waals surface area (Å²) in [7, 11) is 0. The number of amides is 2. The molecular weight excluding hydrogens is 314 g/mol. The molecule has 0 saturated carbocycles. The molecule has 130 valence electrons. The standard InChI is InChI=1S/C16H21N3O5/c1-3-24-16(21)18-8-6-12(7-9-18)15(20)17-14-10-13(19(22)23)5-4-11(14)2/h4-5,10,12H,3,6-9H2,1-2H3,(H,17,20). The maximum absolute atomic E-state index is 12.4. The molecular formula is C16H21N3O5. The number of nitrogens with zero attached hydrogens (tertiary/aromatic N) is 2. The average molecular weight is 335 g/mol. The molecule has 0 unspecified atom stereocenters. The number of non-ortho nitro benzene ring substituents is 1. The molecule has 0 radical (unpaired) electrons. The van der Waals surface area contributed by atoms with Gasteiger partial charge in [0, 0.05) is 31.1 Å². The first-order valence-electron chi connectivity index (χ1n) is 7.90. The highest BCUT2D eigenvalue weighted by Gasteiger charge is 2.28. The van der Waals surface area contributed by atoms with Crippen LogP contribution in [-0.4, -0.2) is 41.5 Å². The average Bonchev–Trinajstić information content (AvgIpc) is 2.57. The first-order valence-corrected chi connectivity index (χ1v) is 7.90. The van der Waals surface area contributed by atoms with Crippen LogP contribution in [0.2, 0.25) is 0 Å². The van der Waals surface area contributed by atoms with Crippen molar-refractivity contribution in [3.05, 3.63) is 33.9 Å². The maximum Gasteiger partial charge on any atom is 0.409 e. The Morgan fingerprint density at radius 2 is 2.04 bits per heavy atom. The summed E-state index contributed by atoms with van der Waals surface area (Å²) >= 11 is 0. The summed E-state index contributed by atoms with van der Waals surface area (Å²) in [6, 6.07) is 4.38. The summed E-state index contributed by atoms with van der Waals surface area (Å²) in [6.45, 7) is 4.78. The number of nitro benzene ring substituents is 1. The zero-order chi connectivity index (χ0) is 17.7. The van der Waals surface area contributed by atoms with Gasteiger partial charge in [-0.1, -0.05) is 6.07 Å². The van der Waals surface area contributed by atoms with Gasteiger partial charge in [0.05, 0.1) is 17.2 Å². The zero-order valence-electron chi connectivity index (χ0n) is 13.8. The molecule has 1 N–H and O–H groups in total. The van der Waals surface area contributed by atoms with Crippen molar-refractivity contribution in [1.82, 2.24) is 4.90 Å². The van der Waals surface area contributed by atoms with E-state index in [2.05, 4.69) is 5.32 Å². The van der Waals surface area contributed by atoms with E-state index in [1.165, 1.54) is 12.1 Å². The second kappa shape index (κ2) is 7.76. The highest BCUT2D eigenvalue weighted by atomic mass is 16.6. The summed E-state index contributed by atoms with van der Waals surface area (Å²) in [6.07, 6.45) is 0.725. The van der Waals surface area contributed by atoms with Gasteiger partial charge in [-0.25, -0.2) is 4.79 Å². The van der Waals surface area contributed by atoms with Gasteiger partial charge in [-0.15, -0.1) is 0 Å². The molecule has 0 atom stereocenters. The van der Waals surface area contributed by atoms with Crippen LogP contribution in [-0.2, 0) is 9.53 Å². The summed E-state index contributed by atoms with van der Waals surface area (Å²) < 4.78 is 4.95. The molecule has 1 fully saturated rings. The third-order valence-corrected chi connectivity index (χ3v) is 4.08. The molecule has 0 aliphatic carbocycles. The number of ether oxygens (including phenoxy) is 1. The fourth-order valence-electron chi connectivity index (χ4n) is 2.63. The molecule has 2 amide bonds. The van der Waals surface area contributed by atoms with Crippen LogP contribution in [0.3, 0.4) is 0 Å². The number of nitrogens with one attached hydrogen (secondary N) is 1. The lowest BCUT2D eigenvalue weighted by Crippen LogP contribution is -2.41. The number of aryl methyl sites for hydroxylation is 1. The Morgan fingerprint density at radius 3 is 2.62 bits per heavy atom. The quantitative estimate of drug-likeness (QED) is 0.673. The lowest BCUT2D eigenvalue weighted by molar-refractivity contribution is -0.384. The van der Waals surface area contributed by atoms with E-state index >= 15 is 0 Å². The zero-order valence-corrected chi connectivity index (χ0v) is 13.8. The van der Waals surface area contributed by atoms with Crippen LogP contribution in [0.1, 0.15) is 25.3 Å². The molecule has 0 aromatic heterocycles. The number of hydrogen-bond donors (Lipinski definition) is 1. The number of anilines is 1. The van der Waals surface area contributed by atoms with Gasteiger partial charge >= 0.3 is 6.09 Å². The Balaban J connectivity index is 1.96. The minimum absolute atomic E-state index is 0.0620. The van der Waals surface area contributed by atoms with Crippen LogP contribution >= 0.6 is 0 Å². The first-order chi connectivity index (χ1) is 11.4. The third kappa shape index (κ3) is 4.21. The second-order valence-electron chi connectivity index (χ2n) is 5.71. The largest absolute Gasteiger partial charge is 0.450 e. The molecule has 2 rings (SSSR count). The number of benzene rings is 1. The lowest BCUT2D eigenvalue weighted by atomic mass is 9.96. The van der Waals surface area contributed by atoms with Crippen LogP contribution in [0.25, 0.3) is 0 Å². The van der Waals surface area contributed by atoms with Crippen LogP contribution < -0.4 is 5.32 Å². The Morgan fingerprint density at radius 1 is 1.38 bits per heavy atom. The maximum atomic E-state index is 12.4. The van der Waals surface area contributed by atoms with Gasteiger partial charge in [-0.2, -0.15) is 0 Å². The van der Waals surface area contributed by atoms with Gasteiger partial charge in [0.15, 0.2) is 0 Å². The second-order valence-corrected chi connectivity index (χ2v) is 5.71. The minimum Gasteiger partial charge on any atom is -0.450 e. The normalized spacial score (nSPS) is 15.0. The van der Waals surface area contributed by atoms with Crippen molar-refractivity contribution < 1.29 is 19.2 Å². The molecule has 8 nitrogen and oxygen atoms in total. The molecule has 8 heteroatoms. The van der Waals surface area contributed by atoms with Crippen LogP contribution in [0.15, 0.2) is 18.2 Å². The summed E-state index contributed by atoms with van der Waals surface area (Å²) in [5, 5.41) is 13.6.